The van der Waals surface area contributed by atoms with Gasteiger partial charge in [-0.1, -0.05) is 67.5 Å². The van der Waals surface area contributed by atoms with Crippen molar-refractivity contribution in [3.63, 3.8) is 0 Å². The minimum absolute atomic E-state index is 0.966. The van der Waals surface area contributed by atoms with E-state index in [9.17, 15) is 0 Å². The fourth-order valence-corrected chi connectivity index (χ4v) is 7.37. The van der Waals surface area contributed by atoms with Gasteiger partial charge >= 0.3 is 0 Å². The quantitative estimate of drug-likeness (QED) is 0.276. The fourth-order valence-electron chi connectivity index (χ4n) is 7.37. The van der Waals surface area contributed by atoms with Gasteiger partial charge in [0.25, 0.3) is 0 Å². The van der Waals surface area contributed by atoms with Crippen molar-refractivity contribution in [2.45, 2.75) is 107 Å². The average molecular weight is 587 g/mol. The van der Waals surface area contributed by atoms with Crippen LogP contribution in [0.5, 0.6) is 0 Å². The summed E-state index contributed by atoms with van der Waals surface area (Å²) >= 11 is 0. The summed E-state index contributed by atoms with van der Waals surface area (Å²) in [7, 11) is 0. The number of fused-ring (bicyclic) bond motifs is 8. The molecule has 0 saturated carbocycles. The van der Waals surface area contributed by atoms with Crippen molar-refractivity contribution in [1.82, 2.24) is 19.9 Å². The molecule has 0 spiro atoms. The van der Waals surface area contributed by atoms with Crippen molar-refractivity contribution < 1.29 is 0 Å². The van der Waals surface area contributed by atoms with Gasteiger partial charge in [-0.15, -0.1) is 0 Å². The molecule has 0 fully saturated rings. The maximum absolute atomic E-state index is 5.22. The average Bonchev–Trinajstić information content (AvgIpc) is 3.75. The van der Waals surface area contributed by atoms with Gasteiger partial charge in [-0.3, -0.25) is 0 Å². The SMILES string of the molecule is CCC1=C(CC)c2cc3[nH]c(cccc4nc(cc5[nH]c(cccc1n2)c(CC)c5CC)C(CC)=C4CC)c(CC)c3CC. The number of H-pyrrole nitrogens is 2. The third-order valence-electron chi connectivity index (χ3n) is 9.44. The minimum atomic E-state index is 0.966. The lowest BCUT2D eigenvalue weighted by atomic mass is 10.00. The summed E-state index contributed by atoms with van der Waals surface area (Å²) in [5.74, 6) is 0. The second-order valence-electron chi connectivity index (χ2n) is 11.7. The molecule has 4 heteroatoms. The lowest BCUT2D eigenvalue weighted by Crippen LogP contribution is -1.86. The van der Waals surface area contributed by atoms with Crippen LogP contribution < -0.4 is 0 Å². The second-order valence-corrected chi connectivity index (χ2v) is 11.7. The van der Waals surface area contributed by atoms with Gasteiger partial charge in [0.1, 0.15) is 0 Å². The highest BCUT2D eigenvalue weighted by Gasteiger charge is 2.19. The van der Waals surface area contributed by atoms with Crippen molar-refractivity contribution in [1.29, 1.82) is 0 Å². The summed E-state index contributed by atoms with van der Waals surface area (Å²) in [6.07, 6.45) is 7.80. The first kappa shape index (κ1) is 31.5. The van der Waals surface area contributed by atoms with Gasteiger partial charge in [0, 0.05) is 22.1 Å². The van der Waals surface area contributed by atoms with Crippen LogP contribution in [-0.4, -0.2) is 19.9 Å². The van der Waals surface area contributed by atoms with Crippen LogP contribution in [-0.2, 0) is 25.7 Å². The Kier molecular flexibility index (Phi) is 9.88. The van der Waals surface area contributed by atoms with E-state index >= 15 is 0 Å². The van der Waals surface area contributed by atoms with Crippen LogP contribution in [0.15, 0.2) is 48.5 Å². The number of nitrogens with zero attached hydrogens (tertiary/aromatic N) is 2. The van der Waals surface area contributed by atoms with E-state index in [1.54, 1.807) is 0 Å². The third-order valence-corrected chi connectivity index (χ3v) is 9.44. The highest BCUT2D eigenvalue weighted by atomic mass is 14.8. The van der Waals surface area contributed by atoms with Gasteiger partial charge in [0.2, 0.25) is 0 Å². The van der Waals surface area contributed by atoms with E-state index in [-0.39, 0.29) is 0 Å². The molecule has 0 aliphatic carbocycles. The van der Waals surface area contributed by atoms with E-state index in [0.717, 1.165) is 74.1 Å². The van der Waals surface area contributed by atoms with Crippen molar-refractivity contribution in [2.75, 3.05) is 0 Å². The molecule has 2 N–H and O–H groups in total. The van der Waals surface area contributed by atoms with Crippen LogP contribution in [0.1, 0.15) is 126 Å². The van der Waals surface area contributed by atoms with Crippen LogP contribution >= 0.6 is 0 Å². The Labute approximate surface area is 264 Å². The van der Waals surface area contributed by atoms with Gasteiger partial charge < -0.3 is 9.97 Å². The summed E-state index contributed by atoms with van der Waals surface area (Å²) in [5, 5.41) is 0. The van der Waals surface area contributed by atoms with Crippen molar-refractivity contribution in [3.05, 3.63) is 93.6 Å². The van der Waals surface area contributed by atoms with Crippen LogP contribution in [0.3, 0.4) is 0 Å². The fraction of sp³-hybridized carbons (Fsp3) is 0.400. The van der Waals surface area contributed by atoms with Gasteiger partial charge in [-0.2, -0.15) is 0 Å². The molecule has 3 aromatic rings. The Balaban J connectivity index is 1.92. The number of nitrogens with one attached hydrogen (secondary N) is 2. The lowest BCUT2D eigenvalue weighted by Gasteiger charge is -2.02. The molecule has 5 rings (SSSR count). The first-order chi connectivity index (χ1) is 21.5. The molecule has 0 radical (unpaired) electrons. The van der Waals surface area contributed by atoms with E-state index in [1.165, 1.54) is 66.6 Å². The van der Waals surface area contributed by atoms with Crippen LogP contribution in [0.4, 0.5) is 0 Å². The van der Waals surface area contributed by atoms with E-state index < -0.39 is 0 Å². The molecular weight excluding hydrogens is 536 g/mol. The number of allylic oxidation sites excluding steroid dienone is 4. The number of aryl methyl sites for hydroxylation is 4. The molecule has 4 nitrogen and oxygen atoms in total. The predicted octanol–water partition coefficient (Wildman–Crippen LogP) is 11.2. The summed E-state index contributed by atoms with van der Waals surface area (Å²) in [6, 6.07) is 17.8. The van der Waals surface area contributed by atoms with Crippen LogP contribution in [0, 0.1) is 0 Å². The molecule has 0 atom stereocenters. The molecule has 5 heterocycles. The van der Waals surface area contributed by atoms with Gasteiger partial charge in [0.15, 0.2) is 0 Å². The molecule has 44 heavy (non-hydrogen) atoms. The zero-order valence-electron chi connectivity index (χ0n) is 28.2. The summed E-state index contributed by atoms with van der Waals surface area (Å²) in [5.41, 5.74) is 20.0. The molecule has 2 aliphatic rings. The standard InChI is InChI=1S/C40H50N4/c1-9-25-29(13-5)37-23-38-30(14-6)26(10-2)35(42-38)21-18-22-36-28(12-4)32(16-8)40(44-36)24-39-31(15-7)27(11-3)34(43-39)20-17-19-33(25)41-37/h17-24,41,44H,9-16H2,1-8H3. The Morgan fingerprint density at radius 3 is 1.02 bits per heavy atom. The van der Waals surface area contributed by atoms with Crippen molar-refractivity contribution in [2.24, 2.45) is 0 Å². The van der Waals surface area contributed by atoms with Gasteiger partial charge in [-0.05, 0) is 132 Å². The molecule has 0 amide bonds. The molecule has 3 aromatic heterocycles. The largest absolute Gasteiger partial charge is 0.355 e. The zero-order chi connectivity index (χ0) is 31.4. The van der Waals surface area contributed by atoms with E-state index in [4.69, 9.17) is 9.97 Å². The predicted molar refractivity (Wildman–Crippen MR) is 191 cm³/mol. The summed E-state index contributed by atoms with van der Waals surface area (Å²) in [4.78, 5) is 18.0. The van der Waals surface area contributed by atoms with E-state index in [2.05, 4.69) is 114 Å². The first-order valence-corrected chi connectivity index (χ1v) is 17.0. The van der Waals surface area contributed by atoms with Gasteiger partial charge in [-0.25, -0.2) is 9.97 Å². The van der Waals surface area contributed by atoms with Crippen LogP contribution in [0.2, 0.25) is 0 Å². The summed E-state index contributed by atoms with van der Waals surface area (Å²) in [6.45, 7) is 18.0. The molecule has 0 unspecified atom stereocenters. The monoisotopic (exact) mass is 586 g/mol. The highest BCUT2D eigenvalue weighted by molar-refractivity contribution is 5.94. The normalized spacial score (nSPS) is 13.1. The number of hydrogen-bond acceptors (Lipinski definition) is 2. The lowest BCUT2D eigenvalue weighted by molar-refractivity contribution is 1.07. The second kappa shape index (κ2) is 13.8. The van der Waals surface area contributed by atoms with E-state index in [1.807, 2.05) is 0 Å². The number of rotatable bonds is 8. The molecule has 8 bridgehead atoms. The first-order valence-electron chi connectivity index (χ1n) is 17.0. The number of aromatic amines is 2. The molecule has 2 aliphatic heterocycles. The summed E-state index contributed by atoms with van der Waals surface area (Å²) < 4.78 is 0. The van der Waals surface area contributed by atoms with Crippen LogP contribution in [0.25, 0.3) is 44.4 Å². The minimum Gasteiger partial charge on any atom is -0.355 e. The third kappa shape index (κ3) is 5.67. The maximum Gasteiger partial charge on any atom is 0.0693 e. The topological polar surface area (TPSA) is 57.4 Å². The maximum atomic E-state index is 5.22. The molecule has 0 saturated heterocycles. The molecule has 0 aromatic carbocycles. The highest BCUT2D eigenvalue weighted by Crippen LogP contribution is 2.36. The molecule has 230 valence electrons. The Hall–Kier alpha value is -3.92. The smallest absolute Gasteiger partial charge is 0.0693 e. The Bertz CT molecular complexity index is 1710. The van der Waals surface area contributed by atoms with Crippen molar-refractivity contribution in [3.8, 4) is 0 Å². The Morgan fingerprint density at radius 2 is 0.705 bits per heavy atom. The van der Waals surface area contributed by atoms with E-state index in [0.29, 0.717) is 0 Å². The zero-order valence-corrected chi connectivity index (χ0v) is 28.2. The number of hydrogen-bond donors (Lipinski definition) is 2. The van der Waals surface area contributed by atoms with Crippen molar-refractivity contribution >= 4 is 44.4 Å². The van der Waals surface area contributed by atoms with Gasteiger partial charge in [0.05, 0.1) is 22.8 Å². The molecular formula is C40H50N4. The number of aromatic nitrogens is 4. The Morgan fingerprint density at radius 1 is 0.386 bits per heavy atom.